The van der Waals surface area contributed by atoms with E-state index in [1.165, 1.54) is 6.07 Å². The highest BCUT2D eigenvalue weighted by Gasteiger charge is 2.02. The van der Waals surface area contributed by atoms with Gasteiger partial charge in [-0.2, -0.15) is 11.8 Å². The highest BCUT2D eigenvalue weighted by Crippen LogP contribution is 2.09. The molecule has 0 aromatic heterocycles. The van der Waals surface area contributed by atoms with Crippen molar-refractivity contribution in [3.05, 3.63) is 35.4 Å². The van der Waals surface area contributed by atoms with Crippen molar-refractivity contribution in [1.82, 2.24) is 5.32 Å². The lowest BCUT2D eigenvalue weighted by molar-refractivity contribution is 0.573. The lowest BCUT2D eigenvalue weighted by atomic mass is 10.2. The minimum Gasteiger partial charge on any atom is -0.312 e. The van der Waals surface area contributed by atoms with E-state index < -0.39 is 5.82 Å². The van der Waals surface area contributed by atoms with Crippen molar-refractivity contribution in [2.24, 2.45) is 0 Å². The van der Waals surface area contributed by atoms with Gasteiger partial charge in [-0.25, -0.2) is 8.78 Å². The van der Waals surface area contributed by atoms with E-state index in [0.29, 0.717) is 12.1 Å². The lowest BCUT2D eigenvalue weighted by Gasteiger charge is -2.05. The van der Waals surface area contributed by atoms with Crippen LogP contribution in [0, 0.1) is 11.6 Å². The Morgan fingerprint density at radius 3 is 2.87 bits per heavy atom. The third-order valence-corrected chi connectivity index (χ3v) is 2.85. The van der Waals surface area contributed by atoms with Gasteiger partial charge in [-0.15, -0.1) is 0 Å². The molecule has 0 saturated carbocycles. The van der Waals surface area contributed by atoms with Gasteiger partial charge >= 0.3 is 0 Å². The van der Waals surface area contributed by atoms with Gasteiger partial charge in [0.05, 0.1) is 0 Å². The molecule has 0 amide bonds. The van der Waals surface area contributed by atoms with Gasteiger partial charge in [0.1, 0.15) is 11.6 Å². The molecule has 4 heteroatoms. The second kappa shape index (κ2) is 6.80. The Labute approximate surface area is 93.3 Å². The van der Waals surface area contributed by atoms with E-state index in [-0.39, 0.29) is 5.82 Å². The van der Waals surface area contributed by atoms with Crippen LogP contribution in [0.1, 0.15) is 12.5 Å². The van der Waals surface area contributed by atoms with Crippen molar-refractivity contribution in [3.8, 4) is 0 Å². The predicted octanol–water partition coefficient (Wildman–Crippen LogP) is 2.81. The Morgan fingerprint density at radius 2 is 2.13 bits per heavy atom. The van der Waals surface area contributed by atoms with E-state index in [2.05, 4.69) is 12.2 Å². The Kier molecular flexibility index (Phi) is 5.65. The molecule has 1 aromatic rings. The number of halogens is 2. The average Bonchev–Trinajstić information content (AvgIpc) is 2.23. The summed E-state index contributed by atoms with van der Waals surface area (Å²) < 4.78 is 25.9. The Morgan fingerprint density at radius 1 is 1.33 bits per heavy atom. The van der Waals surface area contributed by atoms with Gasteiger partial charge < -0.3 is 5.32 Å². The van der Waals surface area contributed by atoms with Crippen LogP contribution in [0.3, 0.4) is 0 Å². The molecule has 84 valence electrons. The maximum atomic E-state index is 13.1. The van der Waals surface area contributed by atoms with Crippen molar-refractivity contribution in [1.29, 1.82) is 0 Å². The first-order valence-electron chi connectivity index (χ1n) is 4.96. The van der Waals surface area contributed by atoms with Crippen molar-refractivity contribution in [2.75, 3.05) is 18.1 Å². The van der Waals surface area contributed by atoms with E-state index in [0.717, 1.165) is 30.2 Å². The maximum absolute atomic E-state index is 13.1. The Bertz CT molecular complexity index is 305. The summed E-state index contributed by atoms with van der Waals surface area (Å²) in [5.74, 6) is 1.33. The number of hydrogen-bond acceptors (Lipinski definition) is 2. The van der Waals surface area contributed by atoms with Crippen LogP contribution in [0.4, 0.5) is 8.78 Å². The molecule has 15 heavy (non-hydrogen) atoms. The van der Waals surface area contributed by atoms with E-state index in [1.807, 2.05) is 11.8 Å². The summed E-state index contributed by atoms with van der Waals surface area (Å²) >= 11 is 1.82. The quantitative estimate of drug-likeness (QED) is 0.756. The van der Waals surface area contributed by atoms with Crippen LogP contribution in [0.5, 0.6) is 0 Å². The first-order valence-corrected chi connectivity index (χ1v) is 6.12. The van der Waals surface area contributed by atoms with Crippen LogP contribution >= 0.6 is 11.8 Å². The SMILES string of the molecule is CCSCCNCc1cc(F)ccc1F. The summed E-state index contributed by atoms with van der Waals surface area (Å²) in [7, 11) is 0. The molecule has 0 atom stereocenters. The van der Waals surface area contributed by atoms with Crippen molar-refractivity contribution in [2.45, 2.75) is 13.5 Å². The predicted molar refractivity (Wildman–Crippen MR) is 61.1 cm³/mol. The van der Waals surface area contributed by atoms with Gasteiger partial charge in [0.15, 0.2) is 0 Å². The zero-order valence-electron chi connectivity index (χ0n) is 8.72. The fraction of sp³-hybridized carbons (Fsp3) is 0.455. The molecule has 1 N–H and O–H groups in total. The minimum absolute atomic E-state index is 0.355. The second-order valence-corrected chi connectivity index (χ2v) is 4.50. The second-order valence-electron chi connectivity index (χ2n) is 3.11. The Hall–Kier alpha value is -0.610. The van der Waals surface area contributed by atoms with Crippen LogP contribution in [-0.4, -0.2) is 18.1 Å². The fourth-order valence-corrected chi connectivity index (χ4v) is 1.77. The summed E-state index contributed by atoms with van der Waals surface area (Å²) in [4.78, 5) is 0. The molecular formula is C11H15F2NS. The molecule has 1 nitrogen and oxygen atoms in total. The Balaban J connectivity index is 2.33. The van der Waals surface area contributed by atoms with Crippen LogP contribution in [-0.2, 0) is 6.54 Å². The largest absolute Gasteiger partial charge is 0.312 e. The summed E-state index contributed by atoms with van der Waals surface area (Å²) in [6, 6.07) is 3.52. The minimum atomic E-state index is -0.392. The standard InChI is InChI=1S/C11H15F2NS/c1-2-15-6-5-14-8-9-7-10(12)3-4-11(9)13/h3-4,7,14H,2,5-6,8H2,1H3. The molecule has 1 rings (SSSR count). The van der Waals surface area contributed by atoms with Gasteiger partial charge in [0.25, 0.3) is 0 Å². The third kappa shape index (κ3) is 4.62. The number of hydrogen-bond donors (Lipinski definition) is 1. The summed E-state index contributed by atoms with van der Waals surface area (Å²) in [5, 5.41) is 3.08. The van der Waals surface area contributed by atoms with Crippen LogP contribution in [0.2, 0.25) is 0 Å². The van der Waals surface area contributed by atoms with E-state index in [4.69, 9.17) is 0 Å². The van der Waals surface area contributed by atoms with Gasteiger partial charge in [-0.3, -0.25) is 0 Å². The monoisotopic (exact) mass is 231 g/mol. The zero-order valence-corrected chi connectivity index (χ0v) is 9.54. The zero-order chi connectivity index (χ0) is 11.1. The number of benzene rings is 1. The molecule has 0 aliphatic rings. The maximum Gasteiger partial charge on any atom is 0.127 e. The molecule has 0 bridgehead atoms. The van der Waals surface area contributed by atoms with E-state index in [1.54, 1.807) is 0 Å². The number of nitrogens with one attached hydrogen (secondary N) is 1. The van der Waals surface area contributed by atoms with Crippen molar-refractivity contribution < 1.29 is 8.78 Å². The van der Waals surface area contributed by atoms with E-state index >= 15 is 0 Å². The van der Waals surface area contributed by atoms with Crippen molar-refractivity contribution >= 4 is 11.8 Å². The van der Waals surface area contributed by atoms with Crippen LogP contribution in [0.15, 0.2) is 18.2 Å². The molecule has 0 aliphatic heterocycles. The van der Waals surface area contributed by atoms with Gasteiger partial charge in [-0.1, -0.05) is 6.92 Å². The summed E-state index contributed by atoms with van der Waals surface area (Å²) in [5.41, 5.74) is 0.386. The van der Waals surface area contributed by atoms with Crippen molar-refractivity contribution in [3.63, 3.8) is 0 Å². The summed E-state index contributed by atoms with van der Waals surface area (Å²) in [6.07, 6.45) is 0. The number of thioether (sulfide) groups is 1. The molecule has 0 radical (unpaired) electrons. The molecule has 0 spiro atoms. The smallest absolute Gasteiger partial charge is 0.127 e. The van der Waals surface area contributed by atoms with E-state index in [9.17, 15) is 8.78 Å². The molecule has 1 aromatic carbocycles. The molecular weight excluding hydrogens is 216 g/mol. The van der Waals surface area contributed by atoms with Gasteiger partial charge in [0, 0.05) is 24.4 Å². The molecule has 0 aliphatic carbocycles. The van der Waals surface area contributed by atoms with Gasteiger partial charge in [0.2, 0.25) is 0 Å². The van der Waals surface area contributed by atoms with Gasteiger partial charge in [-0.05, 0) is 24.0 Å². The lowest BCUT2D eigenvalue weighted by Crippen LogP contribution is -2.17. The highest BCUT2D eigenvalue weighted by molar-refractivity contribution is 7.99. The first-order chi connectivity index (χ1) is 7.24. The topological polar surface area (TPSA) is 12.0 Å². The highest BCUT2D eigenvalue weighted by atomic mass is 32.2. The summed E-state index contributed by atoms with van der Waals surface area (Å²) in [6.45, 7) is 3.29. The normalized spacial score (nSPS) is 10.6. The molecule has 0 unspecified atom stereocenters. The molecule has 0 saturated heterocycles. The molecule has 0 heterocycles. The third-order valence-electron chi connectivity index (χ3n) is 1.95. The number of rotatable bonds is 6. The first kappa shape index (κ1) is 12.5. The van der Waals surface area contributed by atoms with Crippen LogP contribution < -0.4 is 5.32 Å². The molecule has 0 fully saturated rings. The van der Waals surface area contributed by atoms with Crippen LogP contribution in [0.25, 0.3) is 0 Å². The fourth-order valence-electron chi connectivity index (χ4n) is 1.19. The average molecular weight is 231 g/mol.